The molecule has 0 aliphatic heterocycles. The number of nitrogens with zero attached hydrogens (tertiary/aromatic N) is 2. The van der Waals surface area contributed by atoms with Crippen LogP contribution < -0.4 is 16.0 Å². The standard InChI is InChI=1S/C13H22N4OS/c1-8(9-6-4-5-7-9)15-12(18)10-11(14)16-13(19-10)17(2)3/h8-9H,4-7,14H2,1-3H3,(H,15,18). The van der Waals surface area contributed by atoms with Crippen LogP contribution in [0, 0.1) is 5.92 Å². The molecule has 1 saturated carbocycles. The van der Waals surface area contributed by atoms with Crippen molar-refractivity contribution in [2.24, 2.45) is 5.92 Å². The van der Waals surface area contributed by atoms with Gasteiger partial charge >= 0.3 is 0 Å². The molecule has 19 heavy (non-hydrogen) atoms. The molecule has 0 aromatic carbocycles. The number of anilines is 2. The van der Waals surface area contributed by atoms with E-state index in [0.29, 0.717) is 16.6 Å². The average molecular weight is 282 g/mol. The Morgan fingerprint density at radius 2 is 2.11 bits per heavy atom. The van der Waals surface area contributed by atoms with Crippen LogP contribution in [0.4, 0.5) is 10.9 Å². The number of aromatic nitrogens is 1. The molecule has 1 aromatic heterocycles. The molecule has 3 N–H and O–H groups in total. The Bertz CT molecular complexity index is 451. The fourth-order valence-electron chi connectivity index (χ4n) is 2.52. The van der Waals surface area contributed by atoms with Crippen LogP contribution in [0.15, 0.2) is 0 Å². The van der Waals surface area contributed by atoms with Crippen molar-refractivity contribution in [1.82, 2.24) is 10.3 Å². The van der Waals surface area contributed by atoms with Crippen LogP contribution in [0.25, 0.3) is 0 Å². The number of thiazole rings is 1. The molecule has 6 heteroatoms. The molecule has 2 rings (SSSR count). The highest BCUT2D eigenvalue weighted by Gasteiger charge is 2.25. The number of nitrogen functional groups attached to an aromatic ring is 1. The van der Waals surface area contributed by atoms with Crippen LogP contribution in [-0.2, 0) is 0 Å². The fourth-order valence-corrected chi connectivity index (χ4v) is 3.33. The third-order valence-electron chi connectivity index (χ3n) is 3.70. The second kappa shape index (κ2) is 5.77. The Hall–Kier alpha value is -1.30. The monoisotopic (exact) mass is 282 g/mol. The molecule has 1 atom stereocenters. The maximum atomic E-state index is 12.2. The molecule has 5 nitrogen and oxygen atoms in total. The van der Waals surface area contributed by atoms with Crippen LogP contribution in [0.1, 0.15) is 42.3 Å². The Balaban J connectivity index is 2.02. The molecule has 1 heterocycles. The van der Waals surface area contributed by atoms with Crippen LogP contribution in [0.3, 0.4) is 0 Å². The number of hydrogen-bond acceptors (Lipinski definition) is 5. The highest BCUT2D eigenvalue weighted by atomic mass is 32.1. The molecule has 0 spiro atoms. The summed E-state index contributed by atoms with van der Waals surface area (Å²) in [7, 11) is 3.78. The van der Waals surface area contributed by atoms with Crippen LogP contribution in [0.5, 0.6) is 0 Å². The van der Waals surface area contributed by atoms with Crippen molar-refractivity contribution in [1.29, 1.82) is 0 Å². The van der Waals surface area contributed by atoms with Crippen molar-refractivity contribution in [2.45, 2.75) is 38.6 Å². The zero-order valence-corrected chi connectivity index (χ0v) is 12.6. The molecule has 106 valence electrons. The lowest BCUT2D eigenvalue weighted by atomic mass is 10.00. The van der Waals surface area contributed by atoms with Gasteiger partial charge in [-0.15, -0.1) is 0 Å². The molecule has 1 aromatic rings. The number of rotatable bonds is 4. The predicted molar refractivity (Wildman–Crippen MR) is 79.7 cm³/mol. The second-order valence-electron chi connectivity index (χ2n) is 5.41. The first-order valence-electron chi connectivity index (χ1n) is 6.73. The number of hydrogen-bond donors (Lipinski definition) is 2. The molecule has 1 aliphatic rings. The lowest BCUT2D eigenvalue weighted by Gasteiger charge is -2.19. The minimum atomic E-state index is -0.0949. The van der Waals surface area contributed by atoms with E-state index >= 15 is 0 Å². The van der Waals surface area contributed by atoms with E-state index in [1.807, 2.05) is 19.0 Å². The smallest absolute Gasteiger partial charge is 0.265 e. The minimum absolute atomic E-state index is 0.0949. The Morgan fingerprint density at radius 3 is 2.63 bits per heavy atom. The summed E-state index contributed by atoms with van der Waals surface area (Å²) >= 11 is 1.34. The highest BCUT2D eigenvalue weighted by Crippen LogP contribution is 2.29. The van der Waals surface area contributed by atoms with Crippen molar-refractivity contribution in [3.63, 3.8) is 0 Å². The molecular formula is C13H22N4OS. The first-order valence-corrected chi connectivity index (χ1v) is 7.55. The molecule has 1 aliphatic carbocycles. The van der Waals surface area contributed by atoms with Gasteiger partial charge in [-0.25, -0.2) is 4.98 Å². The van der Waals surface area contributed by atoms with Gasteiger partial charge in [0.15, 0.2) is 5.13 Å². The molecular weight excluding hydrogens is 260 g/mol. The highest BCUT2D eigenvalue weighted by molar-refractivity contribution is 7.18. The fraction of sp³-hybridized carbons (Fsp3) is 0.692. The van der Waals surface area contributed by atoms with E-state index in [9.17, 15) is 4.79 Å². The summed E-state index contributed by atoms with van der Waals surface area (Å²) in [5.74, 6) is 0.832. The maximum Gasteiger partial charge on any atom is 0.265 e. The summed E-state index contributed by atoms with van der Waals surface area (Å²) < 4.78 is 0. The summed E-state index contributed by atoms with van der Waals surface area (Å²) in [6.45, 7) is 2.08. The second-order valence-corrected chi connectivity index (χ2v) is 6.39. The zero-order chi connectivity index (χ0) is 14.0. The van der Waals surface area contributed by atoms with Crippen molar-refractivity contribution >= 4 is 28.2 Å². The number of carbonyl (C=O) groups is 1. The van der Waals surface area contributed by atoms with E-state index in [-0.39, 0.29) is 11.9 Å². The van der Waals surface area contributed by atoms with Crippen molar-refractivity contribution in [2.75, 3.05) is 24.7 Å². The first-order chi connectivity index (χ1) is 8.99. The largest absolute Gasteiger partial charge is 0.382 e. The van der Waals surface area contributed by atoms with Crippen LogP contribution >= 0.6 is 11.3 Å². The summed E-state index contributed by atoms with van der Waals surface area (Å²) in [6.07, 6.45) is 4.97. The SMILES string of the molecule is CC(NC(=O)c1sc(N(C)C)nc1N)C1CCCC1. The molecule has 0 radical (unpaired) electrons. The summed E-state index contributed by atoms with van der Waals surface area (Å²) in [5, 5.41) is 3.82. The minimum Gasteiger partial charge on any atom is -0.382 e. The molecule has 0 saturated heterocycles. The first kappa shape index (κ1) is 14.1. The van der Waals surface area contributed by atoms with Gasteiger partial charge in [-0.1, -0.05) is 24.2 Å². The van der Waals surface area contributed by atoms with Gasteiger partial charge in [0, 0.05) is 20.1 Å². The van der Waals surface area contributed by atoms with E-state index < -0.39 is 0 Å². The van der Waals surface area contributed by atoms with E-state index in [1.54, 1.807) is 0 Å². The van der Waals surface area contributed by atoms with Gasteiger partial charge in [0.05, 0.1) is 0 Å². The van der Waals surface area contributed by atoms with Crippen molar-refractivity contribution < 1.29 is 4.79 Å². The number of nitrogens with one attached hydrogen (secondary N) is 1. The van der Waals surface area contributed by atoms with E-state index in [1.165, 1.54) is 37.0 Å². The van der Waals surface area contributed by atoms with Gasteiger partial charge < -0.3 is 16.0 Å². The molecule has 1 fully saturated rings. The third-order valence-corrected chi connectivity index (χ3v) is 4.93. The third kappa shape index (κ3) is 3.18. The predicted octanol–water partition coefficient (Wildman–Crippen LogP) is 2.10. The van der Waals surface area contributed by atoms with E-state index in [4.69, 9.17) is 5.73 Å². The summed E-state index contributed by atoms with van der Waals surface area (Å²) in [6, 6.07) is 0.208. The lowest BCUT2D eigenvalue weighted by molar-refractivity contribution is 0.0932. The normalized spacial score (nSPS) is 17.4. The van der Waals surface area contributed by atoms with Gasteiger partial charge in [-0.05, 0) is 25.7 Å². The maximum absolute atomic E-state index is 12.2. The van der Waals surface area contributed by atoms with Crippen LogP contribution in [0.2, 0.25) is 0 Å². The summed E-state index contributed by atoms with van der Waals surface area (Å²) in [5.41, 5.74) is 5.82. The van der Waals surface area contributed by atoms with Crippen molar-refractivity contribution in [3.05, 3.63) is 4.88 Å². The number of amides is 1. The van der Waals surface area contributed by atoms with E-state index in [0.717, 1.165) is 5.13 Å². The molecule has 1 amide bonds. The number of nitrogens with two attached hydrogens (primary N) is 1. The Kier molecular flexibility index (Phi) is 4.29. The Morgan fingerprint density at radius 1 is 1.47 bits per heavy atom. The van der Waals surface area contributed by atoms with Crippen molar-refractivity contribution in [3.8, 4) is 0 Å². The van der Waals surface area contributed by atoms with Crippen LogP contribution in [-0.4, -0.2) is 31.0 Å². The van der Waals surface area contributed by atoms with Gasteiger partial charge in [0.2, 0.25) is 0 Å². The number of carbonyl (C=O) groups excluding carboxylic acids is 1. The lowest BCUT2D eigenvalue weighted by Crippen LogP contribution is -2.37. The molecule has 1 unspecified atom stereocenters. The molecule has 0 bridgehead atoms. The Labute approximate surface area is 118 Å². The van der Waals surface area contributed by atoms with Gasteiger partial charge in [0.25, 0.3) is 5.91 Å². The van der Waals surface area contributed by atoms with E-state index in [2.05, 4.69) is 17.2 Å². The summed E-state index contributed by atoms with van der Waals surface area (Å²) in [4.78, 5) is 18.8. The topological polar surface area (TPSA) is 71.2 Å². The van der Waals surface area contributed by atoms with Gasteiger partial charge in [0.1, 0.15) is 10.7 Å². The average Bonchev–Trinajstić information content (AvgIpc) is 2.97. The zero-order valence-electron chi connectivity index (χ0n) is 11.8. The van der Waals surface area contributed by atoms with Gasteiger partial charge in [-0.2, -0.15) is 0 Å². The quantitative estimate of drug-likeness (QED) is 0.887. The van der Waals surface area contributed by atoms with Gasteiger partial charge in [-0.3, -0.25) is 4.79 Å².